The lowest BCUT2D eigenvalue weighted by atomic mass is 10.1. The van der Waals surface area contributed by atoms with Crippen LogP contribution in [0.5, 0.6) is 5.88 Å². The Morgan fingerprint density at radius 1 is 1.30 bits per heavy atom. The van der Waals surface area contributed by atoms with Gasteiger partial charge in [-0.25, -0.2) is 13.4 Å². The normalized spacial score (nSPS) is 18.6. The molecule has 1 saturated heterocycles. The maximum Gasteiger partial charge on any atom is 0.220 e. The lowest BCUT2D eigenvalue weighted by Gasteiger charge is -2.31. The number of hydrogen-bond donors (Lipinski definition) is 0. The number of rotatable bonds is 5. The van der Waals surface area contributed by atoms with E-state index in [0.717, 1.165) is 18.2 Å². The van der Waals surface area contributed by atoms with Gasteiger partial charge in [-0.3, -0.25) is 0 Å². The number of aromatic nitrogens is 3. The molecule has 1 fully saturated rings. The molecule has 0 bridgehead atoms. The predicted molar refractivity (Wildman–Crippen MR) is 98.6 cm³/mol. The standard InChI is InChI=1S/C18H20N4O4S/c1-13-19-9-8-18(20-13)25-14-5-4-10-22(11-14)27(23,24)12-16-15-6-2-3-7-17(15)26-21-16/h2-3,6-9,14H,4-5,10-12H2,1H3. The molecule has 9 heteroatoms. The third-order valence-electron chi connectivity index (χ3n) is 4.54. The maximum absolute atomic E-state index is 12.9. The average molecular weight is 388 g/mol. The molecule has 1 aromatic carbocycles. The van der Waals surface area contributed by atoms with Gasteiger partial charge in [0.1, 0.15) is 23.4 Å². The zero-order valence-electron chi connectivity index (χ0n) is 14.9. The zero-order chi connectivity index (χ0) is 18.9. The van der Waals surface area contributed by atoms with Crippen LogP contribution in [0.3, 0.4) is 0 Å². The number of fused-ring (bicyclic) bond motifs is 1. The van der Waals surface area contributed by atoms with E-state index in [-0.39, 0.29) is 11.9 Å². The van der Waals surface area contributed by atoms with Crippen LogP contribution in [-0.2, 0) is 15.8 Å². The van der Waals surface area contributed by atoms with Crippen LogP contribution < -0.4 is 4.74 Å². The van der Waals surface area contributed by atoms with E-state index in [2.05, 4.69) is 15.1 Å². The van der Waals surface area contributed by atoms with Crippen LogP contribution in [0.2, 0.25) is 0 Å². The lowest BCUT2D eigenvalue weighted by molar-refractivity contribution is 0.124. The largest absolute Gasteiger partial charge is 0.473 e. The number of para-hydroxylation sites is 1. The van der Waals surface area contributed by atoms with Crippen molar-refractivity contribution in [2.45, 2.75) is 31.6 Å². The van der Waals surface area contributed by atoms with Gasteiger partial charge in [0.25, 0.3) is 0 Å². The van der Waals surface area contributed by atoms with Crippen LogP contribution in [-0.4, -0.2) is 47.0 Å². The Labute approximate surface area is 157 Å². The molecule has 8 nitrogen and oxygen atoms in total. The molecule has 142 valence electrons. The molecule has 0 aliphatic carbocycles. The van der Waals surface area contributed by atoms with Gasteiger partial charge in [0.05, 0.1) is 6.54 Å². The molecule has 1 aliphatic heterocycles. The van der Waals surface area contributed by atoms with Crippen molar-refractivity contribution in [2.75, 3.05) is 13.1 Å². The number of sulfonamides is 1. The summed E-state index contributed by atoms with van der Waals surface area (Å²) in [5.41, 5.74) is 1.02. The van der Waals surface area contributed by atoms with Crippen LogP contribution in [0.25, 0.3) is 11.0 Å². The molecule has 2 aromatic heterocycles. The molecule has 0 N–H and O–H groups in total. The third kappa shape index (κ3) is 3.93. The Morgan fingerprint density at radius 3 is 3.00 bits per heavy atom. The topological polar surface area (TPSA) is 98.4 Å². The number of nitrogens with zero attached hydrogens (tertiary/aromatic N) is 4. The monoisotopic (exact) mass is 388 g/mol. The number of ether oxygens (including phenoxy) is 1. The summed E-state index contributed by atoms with van der Waals surface area (Å²) < 4.78 is 38.4. The van der Waals surface area contributed by atoms with Crippen molar-refractivity contribution >= 4 is 21.0 Å². The molecular weight excluding hydrogens is 368 g/mol. The first-order chi connectivity index (χ1) is 13.0. The summed E-state index contributed by atoms with van der Waals surface area (Å²) in [6.07, 6.45) is 2.90. The Kier molecular flexibility index (Phi) is 4.79. The summed E-state index contributed by atoms with van der Waals surface area (Å²) in [4.78, 5) is 8.27. The summed E-state index contributed by atoms with van der Waals surface area (Å²) >= 11 is 0. The van der Waals surface area contributed by atoms with Crippen LogP contribution in [0.15, 0.2) is 41.1 Å². The summed E-state index contributed by atoms with van der Waals surface area (Å²) in [6.45, 7) is 2.55. The number of benzene rings is 1. The van der Waals surface area contributed by atoms with E-state index in [1.165, 1.54) is 4.31 Å². The smallest absolute Gasteiger partial charge is 0.220 e. The van der Waals surface area contributed by atoms with Gasteiger partial charge >= 0.3 is 0 Å². The molecule has 3 aromatic rings. The van der Waals surface area contributed by atoms with Gasteiger partial charge in [-0.2, -0.15) is 9.29 Å². The minimum atomic E-state index is -3.53. The number of aryl methyl sites for hydroxylation is 1. The minimum Gasteiger partial charge on any atom is -0.473 e. The highest BCUT2D eigenvalue weighted by Gasteiger charge is 2.31. The fourth-order valence-electron chi connectivity index (χ4n) is 3.23. The van der Waals surface area contributed by atoms with E-state index >= 15 is 0 Å². The van der Waals surface area contributed by atoms with Crippen molar-refractivity contribution in [3.8, 4) is 5.88 Å². The van der Waals surface area contributed by atoms with E-state index in [4.69, 9.17) is 9.26 Å². The molecule has 0 spiro atoms. The van der Waals surface area contributed by atoms with Crippen molar-refractivity contribution in [1.29, 1.82) is 0 Å². The fourth-order valence-corrected chi connectivity index (χ4v) is 4.77. The van der Waals surface area contributed by atoms with Crippen molar-refractivity contribution in [2.24, 2.45) is 0 Å². The molecule has 1 aliphatic rings. The van der Waals surface area contributed by atoms with Gasteiger partial charge < -0.3 is 9.26 Å². The second kappa shape index (κ2) is 7.24. The predicted octanol–water partition coefficient (Wildman–Crippen LogP) is 2.30. The SMILES string of the molecule is Cc1nccc(OC2CCCN(S(=O)(=O)Cc3noc4ccccc34)C2)n1. The molecule has 0 amide bonds. The Balaban J connectivity index is 1.48. The van der Waals surface area contributed by atoms with E-state index in [9.17, 15) is 8.42 Å². The van der Waals surface area contributed by atoms with Gasteiger partial charge in [-0.1, -0.05) is 17.3 Å². The first kappa shape index (κ1) is 17.9. The summed E-state index contributed by atoms with van der Waals surface area (Å²) in [7, 11) is -3.53. The van der Waals surface area contributed by atoms with Gasteiger partial charge in [0.15, 0.2) is 5.58 Å². The second-order valence-corrected chi connectivity index (χ2v) is 8.53. The third-order valence-corrected chi connectivity index (χ3v) is 6.30. The molecular formula is C18H20N4O4S. The van der Waals surface area contributed by atoms with Crippen molar-refractivity contribution < 1.29 is 17.7 Å². The van der Waals surface area contributed by atoms with E-state index in [0.29, 0.717) is 36.1 Å². The van der Waals surface area contributed by atoms with Crippen LogP contribution in [0.4, 0.5) is 0 Å². The molecule has 4 rings (SSSR count). The highest BCUT2D eigenvalue weighted by molar-refractivity contribution is 7.88. The summed E-state index contributed by atoms with van der Waals surface area (Å²) in [5.74, 6) is 0.892. The highest BCUT2D eigenvalue weighted by Crippen LogP contribution is 2.24. The molecule has 0 saturated carbocycles. The molecule has 3 heterocycles. The van der Waals surface area contributed by atoms with Crippen molar-refractivity contribution in [3.63, 3.8) is 0 Å². The van der Waals surface area contributed by atoms with Gasteiger partial charge in [-0.15, -0.1) is 0 Å². The Bertz CT molecular complexity index is 1050. The van der Waals surface area contributed by atoms with Crippen LogP contribution in [0, 0.1) is 6.92 Å². The molecule has 0 radical (unpaired) electrons. The second-order valence-electron chi connectivity index (χ2n) is 6.56. The molecule has 1 unspecified atom stereocenters. The van der Waals surface area contributed by atoms with Gasteiger partial charge in [-0.05, 0) is 31.9 Å². The fraction of sp³-hybridized carbons (Fsp3) is 0.389. The zero-order valence-corrected chi connectivity index (χ0v) is 15.7. The Hall–Kier alpha value is -2.52. The first-order valence-corrected chi connectivity index (χ1v) is 10.4. The highest BCUT2D eigenvalue weighted by atomic mass is 32.2. The summed E-state index contributed by atoms with van der Waals surface area (Å²) in [5, 5.41) is 4.67. The van der Waals surface area contributed by atoms with Gasteiger partial charge in [0.2, 0.25) is 15.9 Å². The molecule has 1 atom stereocenters. The van der Waals surface area contributed by atoms with Crippen molar-refractivity contribution in [3.05, 3.63) is 48.0 Å². The lowest BCUT2D eigenvalue weighted by Crippen LogP contribution is -2.44. The van der Waals surface area contributed by atoms with Crippen molar-refractivity contribution in [1.82, 2.24) is 19.4 Å². The van der Waals surface area contributed by atoms with E-state index < -0.39 is 10.0 Å². The number of hydrogen-bond acceptors (Lipinski definition) is 7. The van der Waals surface area contributed by atoms with E-state index in [1.807, 2.05) is 18.2 Å². The van der Waals surface area contributed by atoms with Crippen LogP contribution in [0.1, 0.15) is 24.4 Å². The van der Waals surface area contributed by atoms with Crippen LogP contribution >= 0.6 is 0 Å². The van der Waals surface area contributed by atoms with Gasteiger partial charge in [0, 0.05) is 24.2 Å². The first-order valence-electron chi connectivity index (χ1n) is 8.79. The quantitative estimate of drug-likeness (QED) is 0.661. The van der Waals surface area contributed by atoms with E-state index in [1.54, 1.807) is 25.3 Å². The summed E-state index contributed by atoms with van der Waals surface area (Å²) in [6, 6.07) is 8.93. The minimum absolute atomic E-state index is 0.191. The Morgan fingerprint density at radius 2 is 2.15 bits per heavy atom. The maximum atomic E-state index is 12.9. The average Bonchev–Trinajstić information content (AvgIpc) is 3.05. The number of piperidine rings is 1. The molecule has 27 heavy (non-hydrogen) atoms.